The van der Waals surface area contributed by atoms with Gasteiger partial charge in [-0.25, -0.2) is 0 Å². The SMILES string of the molecule is CCCCCCCCCCCC(CCCCCCCC)OC(=O)CNC(=O)CCCCCCC. The van der Waals surface area contributed by atoms with Crippen molar-refractivity contribution in [3.05, 3.63) is 0 Å². The highest BCUT2D eigenvalue weighted by atomic mass is 16.5. The van der Waals surface area contributed by atoms with Crippen LogP contribution in [-0.4, -0.2) is 24.5 Å². The van der Waals surface area contributed by atoms with Crippen molar-refractivity contribution in [2.45, 2.75) is 175 Å². The largest absolute Gasteiger partial charge is 0.461 e. The second-order valence-corrected chi connectivity index (χ2v) is 10.2. The topological polar surface area (TPSA) is 55.4 Å². The normalized spacial score (nSPS) is 12.0. The van der Waals surface area contributed by atoms with Crippen LogP contribution in [-0.2, 0) is 14.3 Å². The van der Waals surface area contributed by atoms with Gasteiger partial charge in [-0.15, -0.1) is 0 Å². The lowest BCUT2D eigenvalue weighted by molar-refractivity contribution is -0.149. The summed E-state index contributed by atoms with van der Waals surface area (Å²) in [5.41, 5.74) is 0. The van der Waals surface area contributed by atoms with Crippen molar-refractivity contribution >= 4 is 11.9 Å². The quantitative estimate of drug-likeness (QED) is 0.0990. The third-order valence-corrected chi connectivity index (χ3v) is 6.74. The fourth-order valence-corrected chi connectivity index (χ4v) is 4.47. The number of carbonyl (C=O) groups excluding carboxylic acids is 2. The minimum atomic E-state index is -0.272. The van der Waals surface area contributed by atoms with Crippen LogP contribution >= 0.6 is 0 Å². The average Bonchev–Trinajstić information content (AvgIpc) is 2.83. The summed E-state index contributed by atoms with van der Waals surface area (Å²) in [6, 6.07) is 0. The van der Waals surface area contributed by atoms with Gasteiger partial charge in [-0.05, 0) is 32.1 Å². The number of unbranched alkanes of at least 4 members (excludes halogenated alkanes) is 17. The van der Waals surface area contributed by atoms with E-state index in [1.54, 1.807) is 0 Å². The monoisotopic (exact) mass is 481 g/mol. The Balaban J connectivity index is 4.13. The minimum Gasteiger partial charge on any atom is -0.461 e. The zero-order valence-electron chi connectivity index (χ0n) is 23.3. The van der Waals surface area contributed by atoms with E-state index in [-0.39, 0.29) is 24.5 Å². The van der Waals surface area contributed by atoms with Gasteiger partial charge in [-0.1, -0.05) is 130 Å². The summed E-state index contributed by atoms with van der Waals surface area (Å²) in [7, 11) is 0. The van der Waals surface area contributed by atoms with Crippen LogP contribution in [0, 0.1) is 0 Å². The molecule has 1 amide bonds. The van der Waals surface area contributed by atoms with Crippen molar-refractivity contribution in [3.63, 3.8) is 0 Å². The molecule has 0 aromatic rings. The van der Waals surface area contributed by atoms with Gasteiger partial charge in [-0.2, -0.15) is 0 Å². The molecule has 1 N–H and O–H groups in total. The molecule has 0 heterocycles. The number of esters is 1. The highest BCUT2D eigenvalue weighted by Gasteiger charge is 2.15. The van der Waals surface area contributed by atoms with Crippen LogP contribution in [0.5, 0.6) is 0 Å². The average molecular weight is 482 g/mol. The smallest absolute Gasteiger partial charge is 0.325 e. The van der Waals surface area contributed by atoms with Gasteiger partial charge in [0, 0.05) is 6.42 Å². The van der Waals surface area contributed by atoms with Crippen molar-refractivity contribution in [3.8, 4) is 0 Å². The van der Waals surface area contributed by atoms with E-state index in [0.717, 1.165) is 38.5 Å². The second-order valence-electron chi connectivity index (χ2n) is 10.2. The highest BCUT2D eigenvalue weighted by molar-refractivity contribution is 5.81. The van der Waals surface area contributed by atoms with Gasteiger partial charge in [0.25, 0.3) is 0 Å². The van der Waals surface area contributed by atoms with E-state index in [1.165, 1.54) is 103 Å². The highest BCUT2D eigenvalue weighted by Crippen LogP contribution is 2.17. The molecular formula is C30H59NO3. The first kappa shape index (κ1) is 32.9. The van der Waals surface area contributed by atoms with Crippen molar-refractivity contribution in [1.82, 2.24) is 5.32 Å². The van der Waals surface area contributed by atoms with Gasteiger partial charge < -0.3 is 10.1 Å². The van der Waals surface area contributed by atoms with Crippen LogP contribution in [0.25, 0.3) is 0 Å². The first-order valence-electron chi connectivity index (χ1n) is 15.1. The second kappa shape index (κ2) is 26.5. The van der Waals surface area contributed by atoms with E-state index in [4.69, 9.17) is 4.74 Å². The molecule has 0 saturated carbocycles. The summed E-state index contributed by atoms with van der Waals surface area (Å²) in [5, 5.41) is 2.76. The molecule has 0 saturated heterocycles. The molecule has 0 bridgehead atoms. The zero-order chi connectivity index (χ0) is 25.1. The Morgan fingerprint density at radius 3 is 1.38 bits per heavy atom. The molecule has 0 aromatic heterocycles. The Labute approximate surface area is 212 Å². The van der Waals surface area contributed by atoms with Crippen LogP contribution in [0.1, 0.15) is 168 Å². The van der Waals surface area contributed by atoms with Gasteiger partial charge in [0.1, 0.15) is 12.6 Å². The van der Waals surface area contributed by atoms with E-state index in [1.807, 2.05) is 0 Å². The van der Waals surface area contributed by atoms with Crippen LogP contribution in [0.4, 0.5) is 0 Å². The van der Waals surface area contributed by atoms with Gasteiger partial charge in [0.05, 0.1) is 0 Å². The lowest BCUT2D eigenvalue weighted by Crippen LogP contribution is -2.32. The summed E-state index contributed by atoms with van der Waals surface area (Å²) in [5.74, 6) is -0.300. The summed E-state index contributed by atoms with van der Waals surface area (Å²) < 4.78 is 5.80. The summed E-state index contributed by atoms with van der Waals surface area (Å²) in [6.07, 6.45) is 27.3. The number of hydrogen-bond donors (Lipinski definition) is 1. The molecule has 1 unspecified atom stereocenters. The number of carbonyl (C=O) groups is 2. The molecule has 0 aliphatic rings. The maximum atomic E-state index is 12.4. The lowest BCUT2D eigenvalue weighted by Gasteiger charge is -2.18. The molecule has 0 rings (SSSR count). The molecule has 0 radical (unpaired) electrons. The predicted molar refractivity (Wildman–Crippen MR) is 146 cm³/mol. The first-order valence-corrected chi connectivity index (χ1v) is 15.1. The maximum Gasteiger partial charge on any atom is 0.325 e. The molecule has 0 fully saturated rings. The third kappa shape index (κ3) is 24.1. The third-order valence-electron chi connectivity index (χ3n) is 6.74. The summed E-state index contributed by atoms with van der Waals surface area (Å²) in [6.45, 7) is 6.70. The minimum absolute atomic E-state index is 0.00850. The molecule has 1 atom stereocenters. The molecule has 0 aliphatic heterocycles. The standard InChI is InChI=1S/C30H59NO3/c1-4-7-10-13-15-16-17-20-22-25-28(24-21-19-14-11-8-5-2)34-30(33)27-31-29(32)26-23-18-12-9-6-3/h28H,4-27H2,1-3H3,(H,31,32). The van der Waals surface area contributed by atoms with Crippen molar-refractivity contribution in [2.24, 2.45) is 0 Å². The number of nitrogens with one attached hydrogen (secondary N) is 1. The number of hydrogen-bond acceptors (Lipinski definition) is 3. The molecule has 202 valence electrons. The fourth-order valence-electron chi connectivity index (χ4n) is 4.47. The molecular weight excluding hydrogens is 422 g/mol. The van der Waals surface area contributed by atoms with E-state index in [9.17, 15) is 9.59 Å². The lowest BCUT2D eigenvalue weighted by atomic mass is 10.0. The number of rotatable bonds is 26. The van der Waals surface area contributed by atoms with Crippen LogP contribution in [0.15, 0.2) is 0 Å². The van der Waals surface area contributed by atoms with E-state index < -0.39 is 0 Å². The zero-order valence-corrected chi connectivity index (χ0v) is 23.3. The molecule has 0 spiro atoms. The van der Waals surface area contributed by atoms with E-state index >= 15 is 0 Å². The van der Waals surface area contributed by atoms with Crippen LogP contribution in [0.3, 0.4) is 0 Å². The Morgan fingerprint density at radius 2 is 0.941 bits per heavy atom. The fraction of sp³-hybridized carbons (Fsp3) is 0.933. The van der Waals surface area contributed by atoms with Crippen LogP contribution in [0.2, 0.25) is 0 Å². The van der Waals surface area contributed by atoms with Crippen molar-refractivity contribution in [2.75, 3.05) is 6.54 Å². The summed E-state index contributed by atoms with van der Waals surface area (Å²) in [4.78, 5) is 24.4. The Kier molecular flexibility index (Phi) is 25.7. The van der Waals surface area contributed by atoms with Crippen molar-refractivity contribution < 1.29 is 14.3 Å². The van der Waals surface area contributed by atoms with E-state index in [2.05, 4.69) is 26.1 Å². The van der Waals surface area contributed by atoms with Gasteiger partial charge in [0.15, 0.2) is 0 Å². The van der Waals surface area contributed by atoms with E-state index in [0.29, 0.717) is 6.42 Å². The van der Waals surface area contributed by atoms with Gasteiger partial charge >= 0.3 is 5.97 Å². The first-order chi connectivity index (χ1) is 16.6. The number of ether oxygens (including phenoxy) is 1. The van der Waals surface area contributed by atoms with Gasteiger partial charge in [0.2, 0.25) is 5.91 Å². The van der Waals surface area contributed by atoms with Crippen molar-refractivity contribution in [1.29, 1.82) is 0 Å². The molecule has 34 heavy (non-hydrogen) atoms. The van der Waals surface area contributed by atoms with Crippen LogP contribution < -0.4 is 5.32 Å². The molecule has 0 aromatic carbocycles. The Bertz CT molecular complexity index is 452. The summed E-state index contributed by atoms with van der Waals surface area (Å²) >= 11 is 0. The Hall–Kier alpha value is -1.06. The Morgan fingerprint density at radius 1 is 0.559 bits per heavy atom. The predicted octanol–water partition coefficient (Wildman–Crippen LogP) is 9.05. The molecule has 0 aliphatic carbocycles. The number of amides is 1. The van der Waals surface area contributed by atoms with Gasteiger partial charge in [-0.3, -0.25) is 9.59 Å². The molecule has 4 nitrogen and oxygen atoms in total. The maximum absolute atomic E-state index is 12.4. The molecule has 4 heteroatoms.